The molecule has 1 aromatic heterocycles. The molecule has 0 radical (unpaired) electrons. The number of imidazole rings is 1. The lowest BCUT2D eigenvalue weighted by atomic mass is 9.92. The second kappa shape index (κ2) is 4.84. The van der Waals surface area contributed by atoms with E-state index in [-0.39, 0.29) is 10.7 Å². The summed E-state index contributed by atoms with van der Waals surface area (Å²) in [7, 11) is -0.819. The largest absolute Gasteiger partial charge is 0.337 e. The summed E-state index contributed by atoms with van der Waals surface area (Å²) in [5.74, 6) is 0. The van der Waals surface area contributed by atoms with E-state index >= 15 is 0 Å². The quantitative estimate of drug-likeness (QED) is 0.848. The van der Waals surface area contributed by atoms with Crippen LogP contribution in [0.2, 0.25) is 0 Å². The fourth-order valence-corrected chi connectivity index (χ4v) is 2.15. The van der Waals surface area contributed by atoms with Gasteiger partial charge >= 0.3 is 0 Å². The van der Waals surface area contributed by atoms with E-state index in [2.05, 4.69) is 30.3 Å². The molecule has 0 amide bonds. The van der Waals surface area contributed by atoms with Gasteiger partial charge in [0.1, 0.15) is 0 Å². The van der Waals surface area contributed by atoms with Crippen molar-refractivity contribution in [3.05, 3.63) is 16.7 Å². The zero-order valence-corrected chi connectivity index (χ0v) is 12.2. The summed E-state index contributed by atoms with van der Waals surface area (Å²) in [4.78, 5) is 3.07. The third-order valence-corrected chi connectivity index (χ3v) is 4.26. The molecular weight excluding hydrogens is 240 g/mol. The van der Waals surface area contributed by atoms with Gasteiger partial charge in [0.05, 0.1) is 0 Å². The van der Waals surface area contributed by atoms with Crippen LogP contribution >= 0.6 is 12.2 Å². The van der Waals surface area contributed by atoms with Crippen LogP contribution in [-0.2, 0) is 22.8 Å². The molecule has 5 heteroatoms. The van der Waals surface area contributed by atoms with Crippen molar-refractivity contribution < 1.29 is 4.21 Å². The molecule has 2 atom stereocenters. The molecule has 0 aromatic carbocycles. The zero-order valence-electron chi connectivity index (χ0n) is 10.5. The highest BCUT2D eigenvalue weighted by Crippen LogP contribution is 2.22. The maximum atomic E-state index is 11.4. The molecule has 0 bridgehead atoms. The van der Waals surface area contributed by atoms with Crippen LogP contribution in [0.4, 0.5) is 0 Å². The molecule has 1 N–H and O–H groups in total. The highest BCUT2D eigenvalue weighted by Gasteiger charge is 2.20. The van der Waals surface area contributed by atoms with E-state index < -0.39 is 10.8 Å². The van der Waals surface area contributed by atoms with Crippen LogP contribution in [0.3, 0.4) is 0 Å². The SMILES string of the molecule is CC(Cn1c(C(C)(C)C)c[nH]c1=S)S(C)=O. The second-order valence-electron chi connectivity index (χ2n) is 5.15. The first kappa shape index (κ1) is 13.6. The maximum Gasteiger partial charge on any atom is 0.177 e. The van der Waals surface area contributed by atoms with Gasteiger partial charge in [-0.05, 0) is 19.1 Å². The minimum atomic E-state index is -0.819. The Balaban J connectivity index is 3.09. The van der Waals surface area contributed by atoms with Gasteiger partial charge in [-0.2, -0.15) is 0 Å². The van der Waals surface area contributed by atoms with Gasteiger partial charge in [0.2, 0.25) is 0 Å². The predicted molar refractivity (Wildman–Crippen MR) is 71.8 cm³/mol. The predicted octanol–water partition coefficient (Wildman–Crippen LogP) is 2.61. The lowest BCUT2D eigenvalue weighted by molar-refractivity contribution is 0.511. The summed E-state index contributed by atoms with van der Waals surface area (Å²) >= 11 is 5.26. The first-order valence-corrected chi connectivity index (χ1v) is 7.37. The molecule has 0 spiro atoms. The minimum Gasteiger partial charge on any atom is -0.337 e. The minimum absolute atomic E-state index is 0.0442. The Morgan fingerprint density at radius 3 is 2.56 bits per heavy atom. The summed E-state index contributed by atoms with van der Waals surface area (Å²) in [6, 6.07) is 0. The van der Waals surface area contributed by atoms with E-state index in [0.29, 0.717) is 11.3 Å². The number of nitrogens with one attached hydrogen (secondary N) is 1. The van der Waals surface area contributed by atoms with Crippen LogP contribution < -0.4 is 0 Å². The molecular formula is C11H20N2OS2. The molecule has 16 heavy (non-hydrogen) atoms. The number of H-pyrrole nitrogens is 1. The van der Waals surface area contributed by atoms with Crippen molar-refractivity contribution in [3.8, 4) is 0 Å². The third-order valence-electron chi connectivity index (χ3n) is 2.64. The lowest BCUT2D eigenvalue weighted by Gasteiger charge is -2.22. The van der Waals surface area contributed by atoms with Crippen molar-refractivity contribution in [1.82, 2.24) is 9.55 Å². The molecule has 92 valence electrons. The Morgan fingerprint density at radius 1 is 1.56 bits per heavy atom. The molecule has 0 fully saturated rings. The van der Waals surface area contributed by atoms with E-state index in [1.807, 2.05) is 13.1 Å². The van der Waals surface area contributed by atoms with Crippen molar-refractivity contribution >= 4 is 23.0 Å². The van der Waals surface area contributed by atoms with E-state index in [1.165, 1.54) is 0 Å². The van der Waals surface area contributed by atoms with Gasteiger partial charge in [0.25, 0.3) is 0 Å². The van der Waals surface area contributed by atoms with Crippen LogP contribution in [0.1, 0.15) is 33.4 Å². The molecule has 0 saturated carbocycles. The number of hydrogen-bond acceptors (Lipinski definition) is 2. The zero-order chi connectivity index (χ0) is 12.5. The van der Waals surface area contributed by atoms with Gasteiger partial charge < -0.3 is 9.55 Å². The van der Waals surface area contributed by atoms with Gasteiger partial charge in [0.15, 0.2) is 4.77 Å². The first-order valence-electron chi connectivity index (χ1n) is 5.34. The fraction of sp³-hybridized carbons (Fsp3) is 0.727. The van der Waals surface area contributed by atoms with E-state index in [9.17, 15) is 4.21 Å². The summed E-state index contributed by atoms with van der Waals surface area (Å²) in [6.07, 6.45) is 3.69. The topological polar surface area (TPSA) is 37.8 Å². The molecule has 0 aliphatic rings. The smallest absolute Gasteiger partial charge is 0.177 e. The first-order chi connectivity index (χ1) is 7.23. The van der Waals surface area contributed by atoms with Crippen molar-refractivity contribution in [2.75, 3.05) is 6.26 Å². The molecule has 1 heterocycles. The van der Waals surface area contributed by atoms with Gasteiger partial charge in [-0.1, -0.05) is 20.8 Å². The Kier molecular flexibility index (Phi) is 4.12. The Morgan fingerprint density at radius 2 is 2.12 bits per heavy atom. The Hall–Kier alpha value is -0.420. The van der Waals surface area contributed by atoms with Crippen LogP contribution in [0.5, 0.6) is 0 Å². The molecule has 0 aliphatic carbocycles. The number of aromatic amines is 1. The highest BCUT2D eigenvalue weighted by molar-refractivity contribution is 7.84. The van der Waals surface area contributed by atoms with Crippen LogP contribution in [-0.4, -0.2) is 25.3 Å². The molecule has 1 aromatic rings. The van der Waals surface area contributed by atoms with E-state index in [1.54, 1.807) is 6.26 Å². The Labute approximate surface area is 105 Å². The van der Waals surface area contributed by atoms with Gasteiger partial charge in [-0.15, -0.1) is 0 Å². The highest BCUT2D eigenvalue weighted by atomic mass is 32.2. The van der Waals surface area contributed by atoms with Crippen LogP contribution in [0, 0.1) is 4.77 Å². The Bertz CT molecular complexity index is 440. The molecule has 0 aliphatic heterocycles. The van der Waals surface area contributed by atoms with Crippen molar-refractivity contribution in [2.24, 2.45) is 0 Å². The summed E-state index contributed by atoms with van der Waals surface area (Å²) < 4.78 is 14.2. The van der Waals surface area contributed by atoms with Crippen molar-refractivity contribution in [2.45, 2.75) is 44.9 Å². The third kappa shape index (κ3) is 3.04. The average molecular weight is 260 g/mol. The molecule has 1 rings (SSSR count). The van der Waals surface area contributed by atoms with Crippen LogP contribution in [0.25, 0.3) is 0 Å². The molecule has 3 nitrogen and oxygen atoms in total. The number of aromatic nitrogens is 2. The van der Waals surface area contributed by atoms with Crippen molar-refractivity contribution in [1.29, 1.82) is 0 Å². The van der Waals surface area contributed by atoms with Gasteiger partial charge in [0, 0.05) is 46.2 Å². The van der Waals surface area contributed by atoms with E-state index in [4.69, 9.17) is 12.2 Å². The van der Waals surface area contributed by atoms with Crippen LogP contribution in [0.15, 0.2) is 6.20 Å². The normalized spacial score (nSPS) is 16.1. The van der Waals surface area contributed by atoms with E-state index in [0.717, 1.165) is 5.69 Å². The second-order valence-corrected chi connectivity index (χ2v) is 7.34. The number of hydrogen-bond donors (Lipinski definition) is 1. The monoisotopic (exact) mass is 260 g/mol. The summed E-state index contributed by atoms with van der Waals surface area (Å²) in [5.41, 5.74) is 1.21. The summed E-state index contributed by atoms with van der Waals surface area (Å²) in [6.45, 7) is 9.13. The fourth-order valence-electron chi connectivity index (χ4n) is 1.56. The standard InChI is InChI=1S/C11H20N2OS2/c1-8(16(5)14)7-13-9(11(2,3)4)6-12-10(13)15/h6,8H,7H2,1-5H3,(H,12,15). The molecule has 2 unspecified atom stereocenters. The number of rotatable bonds is 3. The van der Waals surface area contributed by atoms with Gasteiger partial charge in [-0.3, -0.25) is 4.21 Å². The van der Waals surface area contributed by atoms with Crippen molar-refractivity contribution in [3.63, 3.8) is 0 Å². The number of nitrogens with zero attached hydrogens (tertiary/aromatic N) is 1. The summed E-state index contributed by atoms with van der Waals surface area (Å²) in [5, 5.41) is 0.114. The average Bonchev–Trinajstić information content (AvgIpc) is 2.47. The maximum absolute atomic E-state index is 11.4. The lowest BCUT2D eigenvalue weighted by Crippen LogP contribution is -2.23. The van der Waals surface area contributed by atoms with Gasteiger partial charge in [-0.25, -0.2) is 0 Å². The molecule has 0 saturated heterocycles.